The lowest BCUT2D eigenvalue weighted by Gasteiger charge is -2.44. The maximum Gasteiger partial charge on any atom is 0.258 e. The molecule has 0 unspecified atom stereocenters. The van der Waals surface area contributed by atoms with E-state index in [1.807, 2.05) is 26.0 Å². The van der Waals surface area contributed by atoms with E-state index >= 15 is 0 Å². The maximum absolute atomic E-state index is 13.0. The smallest absolute Gasteiger partial charge is 0.258 e. The first-order valence-corrected chi connectivity index (χ1v) is 10.4. The van der Waals surface area contributed by atoms with E-state index < -0.39 is 15.7 Å². The minimum absolute atomic E-state index is 0.178. The quantitative estimate of drug-likeness (QED) is 0.861. The summed E-state index contributed by atoms with van der Waals surface area (Å²) in [7, 11) is -3.57. The molecule has 2 aromatic rings. The first-order valence-electron chi connectivity index (χ1n) is 8.99. The van der Waals surface area contributed by atoms with Gasteiger partial charge in [-0.15, -0.1) is 0 Å². The highest BCUT2D eigenvalue weighted by Gasteiger charge is 2.44. The fraction of sp³-hybridized carbons (Fsp3) is 0.350. The average Bonchev–Trinajstić information content (AvgIpc) is 2.64. The Morgan fingerprint density at radius 2 is 1.74 bits per heavy atom. The zero-order chi connectivity index (χ0) is 19.2. The van der Waals surface area contributed by atoms with Crippen molar-refractivity contribution in [3.8, 4) is 5.75 Å². The van der Waals surface area contributed by atoms with Gasteiger partial charge in [0.15, 0.2) is 5.72 Å². The fourth-order valence-corrected chi connectivity index (χ4v) is 5.12. The molecule has 2 heterocycles. The van der Waals surface area contributed by atoms with Gasteiger partial charge in [-0.25, -0.2) is 8.42 Å². The number of carbonyl (C=O) groups excluding carboxylic acids is 1. The molecule has 7 heteroatoms. The number of carbonyl (C=O) groups is 1. The maximum atomic E-state index is 13.0. The van der Waals surface area contributed by atoms with Crippen LogP contribution in [0.3, 0.4) is 0 Å². The van der Waals surface area contributed by atoms with E-state index in [9.17, 15) is 13.2 Å². The summed E-state index contributed by atoms with van der Waals surface area (Å²) in [6, 6.07) is 12.3. The molecular weight excluding hydrogens is 364 g/mol. The summed E-state index contributed by atoms with van der Waals surface area (Å²) in [5.41, 5.74) is 1.67. The van der Waals surface area contributed by atoms with Crippen LogP contribution < -0.4 is 10.1 Å². The number of nitrogens with zero attached hydrogens (tertiary/aromatic N) is 1. The van der Waals surface area contributed by atoms with E-state index in [1.165, 1.54) is 4.31 Å². The van der Waals surface area contributed by atoms with Gasteiger partial charge in [0, 0.05) is 25.9 Å². The molecule has 1 N–H and O–H groups in total. The Morgan fingerprint density at radius 1 is 1.04 bits per heavy atom. The molecule has 0 saturated carbocycles. The Balaban J connectivity index is 1.54. The van der Waals surface area contributed by atoms with Gasteiger partial charge in [-0.1, -0.05) is 18.2 Å². The van der Waals surface area contributed by atoms with Crippen molar-refractivity contribution in [3.63, 3.8) is 0 Å². The number of para-hydroxylation sites is 1. The lowest BCUT2D eigenvalue weighted by molar-refractivity contribution is -0.0155. The number of amides is 1. The third-order valence-corrected chi connectivity index (χ3v) is 7.32. The van der Waals surface area contributed by atoms with Gasteiger partial charge in [0.2, 0.25) is 10.0 Å². The van der Waals surface area contributed by atoms with Crippen molar-refractivity contribution >= 4 is 15.9 Å². The monoisotopic (exact) mass is 386 g/mol. The number of hydrogen-bond donors (Lipinski definition) is 1. The van der Waals surface area contributed by atoms with Crippen LogP contribution in [-0.2, 0) is 10.0 Å². The zero-order valence-corrected chi connectivity index (χ0v) is 16.2. The number of sulfonamides is 1. The number of benzene rings is 2. The van der Waals surface area contributed by atoms with Crippen molar-refractivity contribution in [1.82, 2.24) is 9.62 Å². The Hall–Kier alpha value is -2.38. The average molecular weight is 386 g/mol. The molecule has 27 heavy (non-hydrogen) atoms. The lowest BCUT2D eigenvalue weighted by Crippen LogP contribution is -2.61. The van der Waals surface area contributed by atoms with E-state index in [-0.39, 0.29) is 19.0 Å². The number of hydrogen-bond acceptors (Lipinski definition) is 4. The van der Waals surface area contributed by atoms with Gasteiger partial charge < -0.3 is 10.1 Å². The van der Waals surface area contributed by atoms with Gasteiger partial charge in [0.25, 0.3) is 5.91 Å². The molecule has 2 aromatic carbocycles. The summed E-state index contributed by atoms with van der Waals surface area (Å²) in [5.74, 6) is 0.369. The molecule has 0 bridgehead atoms. The Labute approximate surface area is 159 Å². The van der Waals surface area contributed by atoms with E-state index in [4.69, 9.17) is 4.74 Å². The predicted molar refractivity (Wildman–Crippen MR) is 101 cm³/mol. The molecule has 0 radical (unpaired) electrons. The number of ether oxygens (including phenoxy) is 1. The molecule has 1 fully saturated rings. The van der Waals surface area contributed by atoms with E-state index in [2.05, 4.69) is 5.32 Å². The Morgan fingerprint density at radius 3 is 2.44 bits per heavy atom. The summed E-state index contributed by atoms with van der Waals surface area (Å²) in [5, 5.41) is 2.93. The van der Waals surface area contributed by atoms with Crippen LogP contribution in [-0.4, -0.2) is 37.4 Å². The second-order valence-corrected chi connectivity index (χ2v) is 9.13. The summed E-state index contributed by atoms with van der Waals surface area (Å²) < 4.78 is 33.5. The number of piperidine rings is 1. The lowest BCUT2D eigenvalue weighted by atomic mass is 9.98. The Kier molecular flexibility index (Phi) is 4.24. The van der Waals surface area contributed by atoms with Crippen LogP contribution in [0.15, 0.2) is 47.4 Å². The molecule has 2 aliphatic rings. The van der Waals surface area contributed by atoms with E-state index in [1.54, 1.807) is 30.3 Å². The predicted octanol–water partition coefficient (Wildman–Crippen LogP) is 2.61. The molecular formula is C20H22N2O4S. The van der Waals surface area contributed by atoms with Gasteiger partial charge >= 0.3 is 0 Å². The highest BCUT2D eigenvalue weighted by molar-refractivity contribution is 7.89. The van der Waals surface area contributed by atoms with Crippen molar-refractivity contribution in [2.24, 2.45) is 0 Å². The van der Waals surface area contributed by atoms with Crippen LogP contribution in [0.4, 0.5) is 0 Å². The number of fused-ring (bicyclic) bond motifs is 1. The van der Waals surface area contributed by atoms with Gasteiger partial charge in [0.05, 0.1) is 10.5 Å². The molecule has 1 saturated heterocycles. The normalized spacial score (nSPS) is 19.3. The highest BCUT2D eigenvalue weighted by atomic mass is 32.2. The summed E-state index contributed by atoms with van der Waals surface area (Å²) in [6.07, 6.45) is 0.800. The standard InChI is InChI=1S/C20H22N2O4S/c1-14-7-8-16(13-15(14)2)27(24,25)22-11-9-20(10-12-22)21-19(23)17-5-3-4-6-18(17)26-20/h3-8,13H,9-12H2,1-2H3,(H,21,23). The van der Waals surface area contributed by atoms with Crippen molar-refractivity contribution in [2.45, 2.75) is 37.3 Å². The van der Waals surface area contributed by atoms with Crippen molar-refractivity contribution in [3.05, 3.63) is 59.2 Å². The van der Waals surface area contributed by atoms with Gasteiger partial charge in [-0.05, 0) is 49.2 Å². The van der Waals surface area contributed by atoms with Gasteiger partial charge in [0.1, 0.15) is 5.75 Å². The van der Waals surface area contributed by atoms with Crippen LogP contribution in [0.25, 0.3) is 0 Å². The van der Waals surface area contributed by atoms with Crippen LogP contribution in [0.5, 0.6) is 5.75 Å². The largest absolute Gasteiger partial charge is 0.467 e. The van der Waals surface area contributed by atoms with Crippen molar-refractivity contribution < 1.29 is 17.9 Å². The molecule has 6 nitrogen and oxygen atoms in total. The first-order chi connectivity index (χ1) is 12.8. The minimum Gasteiger partial charge on any atom is -0.467 e. The molecule has 0 aliphatic carbocycles. The highest BCUT2D eigenvalue weighted by Crippen LogP contribution is 2.34. The molecule has 0 atom stereocenters. The number of rotatable bonds is 2. The molecule has 4 rings (SSSR count). The van der Waals surface area contributed by atoms with Crippen LogP contribution >= 0.6 is 0 Å². The van der Waals surface area contributed by atoms with Crippen LogP contribution in [0.1, 0.15) is 34.3 Å². The van der Waals surface area contributed by atoms with Gasteiger partial charge in [-0.2, -0.15) is 4.31 Å². The zero-order valence-electron chi connectivity index (χ0n) is 15.4. The van der Waals surface area contributed by atoms with E-state index in [0.717, 1.165) is 11.1 Å². The molecule has 2 aliphatic heterocycles. The fourth-order valence-electron chi connectivity index (χ4n) is 3.59. The molecule has 142 valence electrons. The van der Waals surface area contributed by atoms with Crippen molar-refractivity contribution in [2.75, 3.05) is 13.1 Å². The van der Waals surface area contributed by atoms with Crippen LogP contribution in [0, 0.1) is 13.8 Å². The third-order valence-electron chi connectivity index (χ3n) is 5.42. The number of nitrogens with one attached hydrogen (secondary N) is 1. The van der Waals surface area contributed by atoms with Gasteiger partial charge in [-0.3, -0.25) is 4.79 Å². The SMILES string of the molecule is Cc1ccc(S(=O)(=O)N2CCC3(CC2)NC(=O)c2ccccc2O3)cc1C. The third kappa shape index (κ3) is 3.11. The Bertz CT molecular complexity index is 1010. The number of aryl methyl sites for hydroxylation is 2. The topological polar surface area (TPSA) is 75.7 Å². The summed E-state index contributed by atoms with van der Waals surface area (Å²) in [4.78, 5) is 12.7. The van der Waals surface area contributed by atoms with E-state index in [0.29, 0.717) is 29.1 Å². The first kappa shape index (κ1) is 18.0. The second kappa shape index (κ2) is 6.35. The molecule has 1 spiro atoms. The summed E-state index contributed by atoms with van der Waals surface area (Å²) >= 11 is 0. The minimum atomic E-state index is -3.57. The molecule has 0 aromatic heterocycles. The summed E-state index contributed by atoms with van der Waals surface area (Å²) in [6.45, 7) is 4.44. The second-order valence-electron chi connectivity index (χ2n) is 7.20. The van der Waals surface area contributed by atoms with Crippen molar-refractivity contribution in [1.29, 1.82) is 0 Å². The van der Waals surface area contributed by atoms with Crippen LogP contribution in [0.2, 0.25) is 0 Å². The molecule has 1 amide bonds.